The van der Waals surface area contributed by atoms with Gasteiger partial charge in [-0.25, -0.2) is 13.1 Å². The average Bonchev–Trinajstić information content (AvgIpc) is 3.66. The molecule has 1 aromatic rings. The van der Waals surface area contributed by atoms with Crippen molar-refractivity contribution in [3.8, 4) is 0 Å². The lowest BCUT2D eigenvalue weighted by Gasteiger charge is -2.08. The second kappa shape index (κ2) is 20.1. The molecule has 1 aliphatic heterocycles. The molecule has 1 saturated heterocycles. The third-order valence-electron chi connectivity index (χ3n) is 7.21. The van der Waals surface area contributed by atoms with Gasteiger partial charge in [-0.15, -0.1) is 0 Å². The van der Waals surface area contributed by atoms with Crippen LogP contribution in [0.3, 0.4) is 0 Å². The summed E-state index contributed by atoms with van der Waals surface area (Å²) in [6, 6.07) is 6.16. The van der Waals surface area contributed by atoms with Crippen LogP contribution < -0.4 is 15.5 Å². The van der Waals surface area contributed by atoms with Crippen molar-refractivity contribution in [1.29, 1.82) is 0 Å². The molecule has 11 heteroatoms. The van der Waals surface area contributed by atoms with Crippen LogP contribution in [0.25, 0.3) is 0 Å². The predicted molar refractivity (Wildman–Crippen MR) is 159 cm³/mol. The first kappa shape index (κ1) is 34.4. The highest BCUT2D eigenvalue weighted by atomic mass is 32.2. The highest BCUT2D eigenvalue weighted by Crippen LogP contribution is 2.28. The lowest BCUT2D eigenvalue weighted by molar-refractivity contribution is -0.121. The molecule has 3 atom stereocenters. The average molecular weight is 577 g/mol. The number of sulfonamides is 1. The smallest absolute Gasteiger partial charge is 0.240 e. The van der Waals surface area contributed by atoms with Crippen LogP contribution in [0.2, 0.25) is 0 Å². The largest absolute Gasteiger partial charge is 0.366 e. The van der Waals surface area contributed by atoms with E-state index in [4.69, 9.17) is 12.6 Å². The normalized spacial score (nSPS) is 17.8. The topological polar surface area (TPSA) is 133 Å². The van der Waals surface area contributed by atoms with Gasteiger partial charge in [-0.05, 0) is 44.2 Å². The van der Waals surface area contributed by atoms with Gasteiger partial charge in [0.2, 0.25) is 15.9 Å². The summed E-state index contributed by atoms with van der Waals surface area (Å²) in [5.41, 5.74) is 0.550. The maximum atomic E-state index is 12.2. The molecule has 3 N–H and O–H groups in total. The van der Waals surface area contributed by atoms with Gasteiger partial charge in [0.25, 0.3) is 0 Å². The van der Waals surface area contributed by atoms with Gasteiger partial charge in [0.05, 0.1) is 4.90 Å². The van der Waals surface area contributed by atoms with E-state index in [0.717, 1.165) is 51.4 Å². The molecule has 0 spiro atoms. The number of carbonyl (C=O) groups excluding carboxylic acids is 1. The summed E-state index contributed by atoms with van der Waals surface area (Å²) in [6.45, 7) is 1.14. The zero-order valence-electron chi connectivity index (χ0n) is 24.2. The Morgan fingerprint density at radius 2 is 1.43 bits per heavy atom. The molecule has 0 bridgehead atoms. The van der Waals surface area contributed by atoms with E-state index in [1.165, 1.54) is 57.1 Å². The summed E-state index contributed by atoms with van der Waals surface area (Å²) in [5.74, 6) is 0.130. The zero-order valence-corrected chi connectivity index (χ0v) is 25.0. The van der Waals surface area contributed by atoms with Gasteiger partial charge in [-0.1, -0.05) is 81.8 Å². The number of aliphatic hydroxyl groups excluding tert-OH is 1. The second-order valence-electron chi connectivity index (χ2n) is 10.7. The van der Waals surface area contributed by atoms with Crippen molar-refractivity contribution in [2.45, 2.75) is 126 Å². The van der Waals surface area contributed by atoms with E-state index in [2.05, 4.69) is 20.3 Å². The molecule has 3 unspecified atom stereocenters. The molecule has 0 saturated carbocycles. The maximum absolute atomic E-state index is 12.2. The van der Waals surface area contributed by atoms with Gasteiger partial charge in [-0.3, -0.25) is 4.79 Å². The number of nitrogens with one attached hydrogen (secondary N) is 2. The van der Waals surface area contributed by atoms with Crippen molar-refractivity contribution in [2.75, 3.05) is 20.1 Å². The van der Waals surface area contributed by atoms with Crippen LogP contribution in [-0.2, 0) is 19.6 Å². The monoisotopic (exact) mass is 576 g/mol. The number of rotatable bonds is 24. The lowest BCUT2D eigenvalue weighted by Crippen LogP contribution is -2.25. The summed E-state index contributed by atoms with van der Waals surface area (Å²) in [7, 11) is 3.79. The number of epoxide rings is 1. The fraction of sp³-hybridized carbons (Fsp3) is 0.759. The molecule has 1 aromatic carbocycles. The van der Waals surface area contributed by atoms with Crippen LogP contribution in [0.1, 0.15) is 103 Å². The van der Waals surface area contributed by atoms with Gasteiger partial charge in [0, 0.05) is 26.6 Å². The van der Waals surface area contributed by atoms with Gasteiger partial charge in [0.1, 0.15) is 20.0 Å². The summed E-state index contributed by atoms with van der Waals surface area (Å²) in [5, 5.41) is 20.3. The second-order valence-corrected chi connectivity index (χ2v) is 12.4. The lowest BCUT2D eigenvalue weighted by atomic mass is 9.97. The third-order valence-corrected chi connectivity index (χ3v) is 8.68. The van der Waals surface area contributed by atoms with Crippen LogP contribution >= 0.6 is 0 Å². The Kier molecular flexibility index (Phi) is 17.3. The molecule has 1 fully saturated rings. The quantitative estimate of drug-likeness (QED) is 0.0731. The fourth-order valence-electron chi connectivity index (χ4n) is 4.74. The number of azo groups is 1. The summed E-state index contributed by atoms with van der Waals surface area (Å²) in [4.78, 5) is 12.3. The molecule has 40 heavy (non-hydrogen) atoms. The van der Waals surface area contributed by atoms with Crippen molar-refractivity contribution < 1.29 is 23.1 Å². The highest BCUT2D eigenvalue weighted by molar-refractivity contribution is 7.89. The number of hydrogen-bond acceptors (Lipinski definition) is 7. The molecule has 1 heterocycles. The van der Waals surface area contributed by atoms with Crippen molar-refractivity contribution in [3.05, 3.63) is 24.3 Å². The molecule has 224 valence electrons. The number of aliphatic hydroxyl groups is 1. The number of unbranched alkanes of at least 4 members (excludes halogenated alkanes) is 12. The molecule has 0 aromatic heterocycles. The molecule has 2 rings (SSSR count). The van der Waals surface area contributed by atoms with E-state index in [0.29, 0.717) is 25.0 Å². The Morgan fingerprint density at radius 1 is 0.900 bits per heavy atom. The zero-order chi connectivity index (χ0) is 29.1. The molecule has 9 nitrogen and oxygen atoms in total. The Labute approximate surface area is 242 Å². The summed E-state index contributed by atoms with van der Waals surface area (Å²) >= 11 is 0. The number of hydrogen-bond donors (Lipinski definition) is 3. The van der Waals surface area contributed by atoms with E-state index in [1.54, 1.807) is 19.2 Å². The standard InChI is InChI=1S/C29H49BN4O5S/c1-31-34-26(28-29(36)39-28)16-13-15-22-32-27(35)17-12-10-8-6-4-2-3-5-7-9-11-14-23-33-40(37,38)25-20-18-24(30)19-21-25/h18-21,26,28-29,33,36H,2-17,22-23H2,1H3,(H,32,35). The van der Waals surface area contributed by atoms with Gasteiger partial charge < -0.3 is 15.2 Å². The fourth-order valence-corrected chi connectivity index (χ4v) is 5.82. The molecule has 1 amide bonds. The van der Waals surface area contributed by atoms with Crippen molar-refractivity contribution >= 4 is 29.2 Å². The summed E-state index contributed by atoms with van der Waals surface area (Å²) < 4.78 is 32.2. The van der Waals surface area contributed by atoms with Gasteiger partial charge in [0.15, 0.2) is 6.29 Å². The molecule has 0 aliphatic carbocycles. The van der Waals surface area contributed by atoms with Crippen LogP contribution in [0.15, 0.2) is 39.4 Å². The predicted octanol–water partition coefficient (Wildman–Crippen LogP) is 4.28. The molecule has 1 aliphatic rings. The minimum atomic E-state index is -3.45. The molecule has 2 radical (unpaired) electrons. The Morgan fingerprint density at radius 3 is 1.98 bits per heavy atom. The molecular formula is C29H49BN4O5S. The van der Waals surface area contributed by atoms with E-state index >= 15 is 0 Å². The van der Waals surface area contributed by atoms with Crippen LogP contribution in [0.4, 0.5) is 0 Å². The number of carbonyl (C=O) groups is 1. The van der Waals surface area contributed by atoms with E-state index in [9.17, 15) is 18.3 Å². The Hall–Kier alpha value is -1.82. The number of ether oxygens (including phenoxy) is 1. The first-order valence-corrected chi connectivity index (χ1v) is 16.6. The first-order chi connectivity index (χ1) is 19.3. The maximum Gasteiger partial charge on any atom is 0.240 e. The van der Waals surface area contributed by atoms with Crippen LogP contribution in [0.5, 0.6) is 0 Å². The number of amides is 1. The summed E-state index contributed by atoms with van der Waals surface area (Å²) in [6.07, 6.45) is 15.9. The van der Waals surface area contributed by atoms with Gasteiger partial charge >= 0.3 is 0 Å². The van der Waals surface area contributed by atoms with Crippen molar-refractivity contribution in [2.24, 2.45) is 10.2 Å². The minimum Gasteiger partial charge on any atom is -0.366 e. The van der Waals surface area contributed by atoms with Crippen molar-refractivity contribution in [3.63, 3.8) is 0 Å². The highest BCUT2D eigenvalue weighted by Gasteiger charge is 2.43. The third kappa shape index (κ3) is 15.3. The van der Waals surface area contributed by atoms with E-state index in [-0.39, 0.29) is 22.9 Å². The number of nitrogens with zero attached hydrogens (tertiary/aromatic N) is 2. The minimum absolute atomic E-state index is 0.0919. The molecular weight excluding hydrogens is 527 g/mol. The van der Waals surface area contributed by atoms with Crippen LogP contribution in [0, 0.1) is 0 Å². The van der Waals surface area contributed by atoms with Crippen molar-refractivity contribution in [1.82, 2.24) is 10.0 Å². The van der Waals surface area contributed by atoms with Gasteiger partial charge in [-0.2, -0.15) is 10.2 Å². The number of benzene rings is 1. The van der Waals surface area contributed by atoms with E-state index in [1.807, 2.05) is 0 Å². The SMILES string of the molecule is [B]c1ccc(S(=O)(=O)NCCCCCCCCCCCCCCC(=O)NCCCCC(N=NC)C2OC2O)cc1. The first-order valence-electron chi connectivity index (χ1n) is 15.1. The Bertz CT molecular complexity index is 962. The van der Waals surface area contributed by atoms with Crippen LogP contribution in [-0.4, -0.2) is 65.9 Å². The Balaban J connectivity index is 1.30. The van der Waals surface area contributed by atoms with E-state index < -0.39 is 16.3 Å².